The standard InChI is InChI=1S/C15H17N3O3/c1-18(14-9-15(20-2)17-11-16-14)7-8-21-13-5-3-12(10-19)4-6-13/h3-6,9-11H,7-8H2,1-2H3. The molecule has 6 heteroatoms. The smallest absolute Gasteiger partial charge is 0.218 e. The van der Waals surface area contributed by atoms with E-state index in [0.717, 1.165) is 17.9 Å². The molecule has 0 aliphatic carbocycles. The summed E-state index contributed by atoms with van der Waals surface area (Å²) in [5.74, 6) is 2.02. The lowest BCUT2D eigenvalue weighted by atomic mass is 10.2. The number of benzene rings is 1. The Bertz CT molecular complexity index is 587. The molecular weight excluding hydrogens is 270 g/mol. The van der Waals surface area contributed by atoms with Crippen LogP contribution in [0.15, 0.2) is 36.7 Å². The van der Waals surface area contributed by atoms with Gasteiger partial charge in [-0.25, -0.2) is 9.97 Å². The average molecular weight is 287 g/mol. The molecule has 0 saturated heterocycles. The highest BCUT2D eigenvalue weighted by Gasteiger charge is 2.05. The van der Waals surface area contributed by atoms with Gasteiger partial charge in [0.15, 0.2) is 0 Å². The minimum absolute atomic E-state index is 0.503. The molecule has 2 aromatic rings. The third-order valence-corrected chi connectivity index (χ3v) is 2.94. The minimum Gasteiger partial charge on any atom is -0.492 e. The number of nitrogens with zero attached hydrogens (tertiary/aromatic N) is 3. The van der Waals surface area contributed by atoms with Crippen molar-refractivity contribution in [3.8, 4) is 11.6 Å². The monoisotopic (exact) mass is 287 g/mol. The van der Waals surface area contributed by atoms with Crippen LogP contribution in [0, 0.1) is 0 Å². The SMILES string of the molecule is COc1cc(N(C)CCOc2ccc(C=O)cc2)ncn1. The van der Waals surface area contributed by atoms with Gasteiger partial charge >= 0.3 is 0 Å². The van der Waals surface area contributed by atoms with Gasteiger partial charge in [0.2, 0.25) is 5.88 Å². The topological polar surface area (TPSA) is 64.6 Å². The summed E-state index contributed by atoms with van der Waals surface area (Å²) >= 11 is 0. The second-order valence-corrected chi connectivity index (χ2v) is 4.38. The van der Waals surface area contributed by atoms with Crippen molar-refractivity contribution in [2.75, 3.05) is 32.2 Å². The molecule has 2 rings (SSSR count). The van der Waals surface area contributed by atoms with Gasteiger partial charge in [0.25, 0.3) is 0 Å². The van der Waals surface area contributed by atoms with E-state index in [0.29, 0.717) is 24.6 Å². The van der Waals surface area contributed by atoms with Crippen LogP contribution in [-0.4, -0.2) is 43.6 Å². The number of rotatable bonds is 7. The molecule has 1 aromatic carbocycles. The zero-order valence-electron chi connectivity index (χ0n) is 12.0. The van der Waals surface area contributed by atoms with Gasteiger partial charge in [0.1, 0.15) is 30.8 Å². The number of hydrogen-bond donors (Lipinski definition) is 0. The summed E-state index contributed by atoms with van der Waals surface area (Å²) in [6.45, 7) is 1.17. The Kier molecular flexibility index (Phi) is 5.09. The molecule has 0 saturated carbocycles. The molecule has 0 atom stereocenters. The maximum atomic E-state index is 10.6. The van der Waals surface area contributed by atoms with Gasteiger partial charge in [0, 0.05) is 18.7 Å². The number of likely N-dealkylation sites (N-methyl/N-ethyl adjacent to an activating group) is 1. The first kappa shape index (κ1) is 14.8. The molecule has 0 N–H and O–H groups in total. The van der Waals surface area contributed by atoms with Crippen LogP contribution in [0.1, 0.15) is 10.4 Å². The number of hydrogen-bond acceptors (Lipinski definition) is 6. The molecule has 21 heavy (non-hydrogen) atoms. The van der Waals surface area contributed by atoms with Crippen LogP contribution >= 0.6 is 0 Å². The van der Waals surface area contributed by atoms with Crippen LogP contribution in [0.2, 0.25) is 0 Å². The van der Waals surface area contributed by atoms with Gasteiger partial charge in [-0.15, -0.1) is 0 Å². The summed E-state index contributed by atoms with van der Waals surface area (Å²) in [7, 11) is 3.48. The lowest BCUT2D eigenvalue weighted by molar-refractivity contribution is 0.112. The molecule has 1 aromatic heterocycles. The predicted octanol–water partition coefficient (Wildman–Crippen LogP) is 1.81. The van der Waals surface area contributed by atoms with E-state index in [9.17, 15) is 4.79 Å². The number of ether oxygens (including phenoxy) is 2. The van der Waals surface area contributed by atoms with Crippen molar-refractivity contribution in [3.05, 3.63) is 42.2 Å². The maximum absolute atomic E-state index is 10.6. The van der Waals surface area contributed by atoms with Crippen LogP contribution in [0.5, 0.6) is 11.6 Å². The first-order chi connectivity index (χ1) is 10.2. The summed E-state index contributed by atoms with van der Waals surface area (Å²) < 4.78 is 10.7. The predicted molar refractivity (Wildman–Crippen MR) is 79.2 cm³/mol. The summed E-state index contributed by atoms with van der Waals surface area (Å²) in [4.78, 5) is 20.6. The Morgan fingerprint density at radius 2 is 2.00 bits per heavy atom. The summed E-state index contributed by atoms with van der Waals surface area (Å²) in [5, 5.41) is 0. The van der Waals surface area contributed by atoms with Crippen molar-refractivity contribution in [1.29, 1.82) is 0 Å². The second-order valence-electron chi connectivity index (χ2n) is 4.38. The number of carbonyl (C=O) groups excluding carboxylic acids is 1. The van der Waals surface area contributed by atoms with E-state index in [1.165, 1.54) is 6.33 Å². The molecule has 1 heterocycles. The first-order valence-corrected chi connectivity index (χ1v) is 6.48. The van der Waals surface area contributed by atoms with E-state index < -0.39 is 0 Å². The molecule has 0 bridgehead atoms. The van der Waals surface area contributed by atoms with E-state index >= 15 is 0 Å². The zero-order valence-corrected chi connectivity index (χ0v) is 12.0. The maximum Gasteiger partial charge on any atom is 0.218 e. The van der Waals surface area contributed by atoms with Gasteiger partial charge < -0.3 is 14.4 Å². The number of anilines is 1. The molecule has 0 aliphatic heterocycles. The lowest BCUT2D eigenvalue weighted by Crippen LogP contribution is -2.24. The van der Waals surface area contributed by atoms with E-state index in [1.807, 2.05) is 11.9 Å². The zero-order chi connectivity index (χ0) is 15.1. The van der Waals surface area contributed by atoms with Gasteiger partial charge in [-0.1, -0.05) is 0 Å². The van der Waals surface area contributed by atoms with E-state index in [1.54, 1.807) is 37.4 Å². The number of carbonyl (C=O) groups is 1. The fourth-order valence-corrected chi connectivity index (χ4v) is 1.71. The van der Waals surface area contributed by atoms with Crippen molar-refractivity contribution in [3.63, 3.8) is 0 Å². The van der Waals surface area contributed by atoms with Crippen molar-refractivity contribution in [1.82, 2.24) is 9.97 Å². The highest BCUT2D eigenvalue weighted by Crippen LogP contribution is 2.14. The minimum atomic E-state index is 0.503. The van der Waals surface area contributed by atoms with Crippen molar-refractivity contribution in [2.45, 2.75) is 0 Å². The largest absolute Gasteiger partial charge is 0.492 e. The number of aldehydes is 1. The lowest BCUT2D eigenvalue weighted by Gasteiger charge is -2.18. The molecular formula is C15H17N3O3. The highest BCUT2D eigenvalue weighted by molar-refractivity contribution is 5.74. The van der Waals surface area contributed by atoms with Gasteiger partial charge in [-0.05, 0) is 24.3 Å². The van der Waals surface area contributed by atoms with Crippen LogP contribution in [0.4, 0.5) is 5.82 Å². The molecule has 0 fully saturated rings. The molecule has 110 valence electrons. The van der Waals surface area contributed by atoms with Crippen LogP contribution < -0.4 is 14.4 Å². The normalized spacial score (nSPS) is 10.0. The Morgan fingerprint density at radius 3 is 2.67 bits per heavy atom. The van der Waals surface area contributed by atoms with Gasteiger partial charge in [-0.3, -0.25) is 4.79 Å². The van der Waals surface area contributed by atoms with Crippen molar-refractivity contribution < 1.29 is 14.3 Å². The third kappa shape index (κ3) is 4.17. The Balaban J connectivity index is 1.85. The van der Waals surface area contributed by atoms with E-state index in [2.05, 4.69) is 9.97 Å². The quantitative estimate of drug-likeness (QED) is 0.724. The van der Waals surface area contributed by atoms with Gasteiger partial charge in [-0.2, -0.15) is 0 Å². The summed E-state index contributed by atoms with van der Waals surface area (Å²) in [6, 6.07) is 8.76. The van der Waals surface area contributed by atoms with Crippen LogP contribution in [-0.2, 0) is 0 Å². The van der Waals surface area contributed by atoms with E-state index in [4.69, 9.17) is 9.47 Å². The molecule has 6 nitrogen and oxygen atoms in total. The Labute approximate surface area is 123 Å². The fourth-order valence-electron chi connectivity index (χ4n) is 1.71. The number of methoxy groups -OCH3 is 1. The molecule has 0 radical (unpaired) electrons. The second kappa shape index (κ2) is 7.23. The fraction of sp³-hybridized carbons (Fsp3) is 0.267. The van der Waals surface area contributed by atoms with Crippen LogP contribution in [0.3, 0.4) is 0 Å². The summed E-state index contributed by atoms with van der Waals surface area (Å²) in [6.07, 6.45) is 2.27. The Hall–Kier alpha value is -2.63. The molecule has 0 aliphatic rings. The van der Waals surface area contributed by atoms with Gasteiger partial charge in [0.05, 0.1) is 13.7 Å². The van der Waals surface area contributed by atoms with Crippen molar-refractivity contribution in [2.24, 2.45) is 0 Å². The van der Waals surface area contributed by atoms with E-state index in [-0.39, 0.29) is 0 Å². The highest BCUT2D eigenvalue weighted by atomic mass is 16.5. The summed E-state index contributed by atoms with van der Waals surface area (Å²) in [5.41, 5.74) is 0.632. The van der Waals surface area contributed by atoms with Crippen molar-refractivity contribution >= 4 is 12.1 Å². The molecule has 0 unspecified atom stereocenters. The molecule has 0 spiro atoms. The third-order valence-electron chi connectivity index (χ3n) is 2.94. The average Bonchev–Trinajstić information content (AvgIpc) is 2.55. The first-order valence-electron chi connectivity index (χ1n) is 6.48. The Morgan fingerprint density at radius 1 is 1.24 bits per heavy atom. The number of aromatic nitrogens is 2. The van der Waals surface area contributed by atoms with Crippen LogP contribution in [0.25, 0.3) is 0 Å². The molecule has 0 amide bonds.